The summed E-state index contributed by atoms with van der Waals surface area (Å²) in [6, 6.07) is 0.0339. The van der Waals surface area contributed by atoms with Gasteiger partial charge < -0.3 is 5.11 Å². The van der Waals surface area contributed by atoms with E-state index in [2.05, 4.69) is 15.4 Å². The normalized spacial score (nSPS) is 14.1. The number of H-pyrrole nitrogens is 1. The van der Waals surface area contributed by atoms with Gasteiger partial charge in [0.1, 0.15) is 5.54 Å². The van der Waals surface area contributed by atoms with E-state index in [0.29, 0.717) is 17.3 Å². The molecule has 1 rings (SSSR count). The zero-order valence-corrected chi connectivity index (χ0v) is 13.3. The van der Waals surface area contributed by atoms with Crippen molar-refractivity contribution in [2.75, 3.05) is 5.75 Å². The van der Waals surface area contributed by atoms with Gasteiger partial charge in [0.15, 0.2) is 5.16 Å². The summed E-state index contributed by atoms with van der Waals surface area (Å²) >= 11 is 1.22. The Hall–Kier alpha value is -1.61. The third kappa shape index (κ3) is 4.71. The van der Waals surface area contributed by atoms with Gasteiger partial charge in [-0.05, 0) is 27.2 Å². The minimum Gasteiger partial charge on any atom is -0.480 e. The number of aryl methyl sites for hydroxylation is 1. The number of rotatable bonds is 7. The molecule has 0 saturated heterocycles. The average Bonchev–Trinajstić information content (AvgIpc) is 2.34. The first kappa shape index (κ1) is 17.4. The molecular weight excluding hydrogens is 296 g/mol. The molecule has 1 aromatic heterocycles. The average molecular weight is 316 g/mol. The summed E-state index contributed by atoms with van der Waals surface area (Å²) in [5.41, 5.74) is -2.68. The monoisotopic (exact) mass is 316 g/mol. The third-order valence-corrected chi connectivity index (χ3v) is 3.89. The molecule has 8 nitrogen and oxygen atoms in total. The van der Waals surface area contributed by atoms with Crippen molar-refractivity contribution in [1.29, 1.82) is 0 Å². The largest absolute Gasteiger partial charge is 0.480 e. The smallest absolute Gasteiger partial charge is 0.339 e. The van der Waals surface area contributed by atoms with Gasteiger partial charge in [0.2, 0.25) is 0 Å². The second-order valence-electron chi connectivity index (χ2n) is 5.23. The molecule has 0 aliphatic carbocycles. The Morgan fingerprint density at radius 3 is 2.67 bits per heavy atom. The first-order valence-electron chi connectivity index (χ1n) is 6.47. The lowest BCUT2D eigenvalue weighted by Gasteiger charge is -2.28. The minimum absolute atomic E-state index is 0.0339. The van der Waals surface area contributed by atoms with Crippen molar-refractivity contribution in [2.24, 2.45) is 7.05 Å². The molecule has 9 heteroatoms. The number of nitrogens with one attached hydrogen (secondary N) is 2. The van der Waals surface area contributed by atoms with Crippen LogP contribution in [0, 0.1) is 0 Å². The Bertz CT molecular complexity index is 624. The minimum atomic E-state index is -1.05. The number of nitrogens with zero attached hydrogens (tertiary/aromatic N) is 2. The molecule has 1 heterocycles. The number of carbonyl (C=O) groups is 1. The van der Waals surface area contributed by atoms with Gasteiger partial charge in [-0.3, -0.25) is 29.5 Å². The van der Waals surface area contributed by atoms with Crippen LogP contribution in [0.25, 0.3) is 0 Å². The quantitative estimate of drug-likeness (QED) is 0.471. The maximum absolute atomic E-state index is 11.4. The Balaban J connectivity index is 2.75. The van der Waals surface area contributed by atoms with E-state index in [1.807, 2.05) is 13.8 Å². The van der Waals surface area contributed by atoms with Crippen LogP contribution in [0.3, 0.4) is 0 Å². The van der Waals surface area contributed by atoms with Crippen molar-refractivity contribution in [1.82, 2.24) is 20.1 Å². The Morgan fingerprint density at radius 1 is 1.52 bits per heavy atom. The van der Waals surface area contributed by atoms with E-state index in [1.54, 1.807) is 14.0 Å². The van der Waals surface area contributed by atoms with Crippen LogP contribution in [0.15, 0.2) is 14.7 Å². The summed E-state index contributed by atoms with van der Waals surface area (Å²) in [4.78, 5) is 37.3. The number of hydrogen-bond acceptors (Lipinski definition) is 6. The molecule has 118 valence electrons. The summed E-state index contributed by atoms with van der Waals surface area (Å²) < 4.78 is 1.35. The molecule has 0 amide bonds. The summed E-state index contributed by atoms with van der Waals surface area (Å²) in [6.45, 7) is 5.37. The highest BCUT2D eigenvalue weighted by molar-refractivity contribution is 7.99. The van der Waals surface area contributed by atoms with Crippen LogP contribution in [0.1, 0.15) is 27.2 Å². The van der Waals surface area contributed by atoms with Crippen LogP contribution < -0.4 is 16.4 Å². The summed E-state index contributed by atoms with van der Waals surface area (Å²) in [7, 11) is 1.57. The number of thioether (sulfide) groups is 1. The lowest BCUT2D eigenvalue weighted by Crippen LogP contribution is -2.52. The second-order valence-corrected chi connectivity index (χ2v) is 6.30. The first-order chi connectivity index (χ1) is 9.65. The van der Waals surface area contributed by atoms with E-state index < -0.39 is 22.6 Å². The van der Waals surface area contributed by atoms with Gasteiger partial charge in [-0.15, -0.1) is 0 Å². The molecule has 21 heavy (non-hydrogen) atoms. The predicted molar refractivity (Wildman–Crippen MR) is 79.8 cm³/mol. The number of aromatic nitrogens is 3. The van der Waals surface area contributed by atoms with Crippen molar-refractivity contribution >= 4 is 17.7 Å². The number of aromatic amines is 1. The molecular formula is C12H20N4O4S. The van der Waals surface area contributed by atoms with E-state index in [4.69, 9.17) is 0 Å². The van der Waals surface area contributed by atoms with Crippen molar-refractivity contribution in [3.05, 3.63) is 20.7 Å². The molecule has 0 aromatic carbocycles. The summed E-state index contributed by atoms with van der Waals surface area (Å²) in [6.07, 6.45) is 0.347. The van der Waals surface area contributed by atoms with Gasteiger partial charge in [0.25, 0.3) is 0 Å². The van der Waals surface area contributed by atoms with Crippen molar-refractivity contribution in [2.45, 2.75) is 43.9 Å². The number of hydrogen-bond donors (Lipinski definition) is 3. The molecule has 1 unspecified atom stereocenters. The second kappa shape index (κ2) is 6.90. The predicted octanol–water partition coefficient (Wildman–Crippen LogP) is -0.208. The highest BCUT2D eigenvalue weighted by Gasteiger charge is 2.33. The highest BCUT2D eigenvalue weighted by Crippen LogP contribution is 2.19. The molecule has 1 atom stereocenters. The van der Waals surface area contributed by atoms with Crippen LogP contribution in [0.4, 0.5) is 0 Å². The van der Waals surface area contributed by atoms with Gasteiger partial charge >= 0.3 is 17.1 Å². The lowest BCUT2D eigenvalue weighted by atomic mass is 9.98. The molecule has 0 aliphatic heterocycles. The number of aliphatic carboxylic acids is 1. The van der Waals surface area contributed by atoms with Crippen LogP contribution in [0.5, 0.6) is 0 Å². The fourth-order valence-corrected chi connectivity index (χ4v) is 2.89. The Labute approximate surface area is 126 Å². The molecule has 0 aliphatic rings. The van der Waals surface area contributed by atoms with Gasteiger partial charge in [-0.25, -0.2) is 0 Å². The van der Waals surface area contributed by atoms with E-state index in [9.17, 15) is 19.5 Å². The molecule has 3 N–H and O–H groups in total. The molecule has 1 aromatic rings. The zero-order valence-electron chi connectivity index (χ0n) is 12.5. The standard InChI is InChI=1S/C12H20N4O4S/c1-7(2)14-12(3,10(19)20)5-6-21-11-13-8(17)9(18)15-16(11)4/h7,14H,5-6H2,1-4H3,(H,15,18)(H,19,20). The van der Waals surface area contributed by atoms with Gasteiger partial charge in [-0.2, -0.15) is 4.98 Å². The van der Waals surface area contributed by atoms with Gasteiger partial charge in [0.05, 0.1) is 0 Å². The van der Waals surface area contributed by atoms with Crippen LogP contribution in [0.2, 0.25) is 0 Å². The Kier molecular flexibility index (Phi) is 5.73. The maximum Gasteiger partial charge on any atom is 0.339 e. The van der Waals surface area contributed by atoms with Gasteiger partial charge in [0, 0.05) is 18.8 Å². The van der Waals surface area contributed by atoms with E-state index >= 15 is 0 Å². The topological polar surface area (TPSA) is 117 Å². The third-order valence-electron chi connectivity index (χ3n) is 2.86. The van der Waals surface area contributed by atoms with Crippen LogP contribution in [-0.4, -0.2) is 43.2 Å². The number of carboxylic acid groups (broad SMARTS) is 1. The fraction of sp³-hybridized carbons (Fsp3) is 0.667. The van der Waals surface area contributed by atoms with E-state index in [1.165, 1.54) is 16.4 Å². The van der Waals surface area contributed by atoms with Crippen molar-refractivity contribution in [3.8, 4) is 0 Å². The lowest BCUT2D eigenvalue weighted by molar-refractivity contribution is -0.144. The summed E-state index contributed by atoms with van der Waals surface area (Å²) in [5, 5.41) is 15.0. The van der Waals surface area contributed by atoms with Gasteiger partial charge in [-0.1, -0.05) is 11.8 Å². The van der Waals surface area contributed by atoms with Crippen molar-refractivity contribution in [3.63, 3.8) is 0 Å². The number of carboxylic acids is 1. The van der Waals surface area contributed by atoms with Crippen LogP contribution >= 0.6 is 11.8 Å². The highest BCUT2D eigenvalue weighted by atomic mass is 32.2. The molecule has 0 fully saturated rings. The first-order valence-corrected chi connectivity index (χ1v) is 7.45. The molecule has 0 bridgehead atoms. The molecule has 0 spiro atoms. The van der Waals surface area contributed by atoms with Crippen LogP contribution in [-0.2, 0) is 11.8 Å². The van der Waals surface area contributed by atoms with E-state index in [0.717, 1.165) is 0 Å². The SMILES string of the molecule is CC(C)NC(C)(CCSc1nc(=O)c(=O)[nH]n1C)C(=O)O. The fourth-order valence-electron chi connectivity index (χ4n) is 1.81. The van der Waals surface area contributed by atoms with E-state index in [-0.39, 0.29) is 6.04 Å². The zero-order chi connectivity index (χ0) is 16.2. The summed E-state index contributed by atoms with van der Waals surface area (Å²) in [5.74, 6) is -0.491. The molecule has 0 radical (unpaired) electrons. The molecule has 0 saturated carbocycles. The Morgan fingerprint density at radius 2 is 2.14 bits per heavy atom. The van der Waals surface area contributed by atoms with Crippen molar-refractivity contribution < 1.29 is 9.90 Å². The maximum atomic E-state index is 11.4.